The SMILES string of the molecule is c1ccc(N(c2ccccc2)c2cccc(-c3nc4c5ccccc5c5ccccc5c4s3)c2)cc1. The summed E-state index contributed by atoms with van der Waals surface area (Å²) < 4.78 is 1.24. The normalized spacial score (nSPS) is 11.3. The number of hydrogen-bond acceptors (Lipinski definition) is 3. The number of anilines is 3. The predicted molar refractivity (Wildman–Crippen MR) is 155 cm³/mol. The molecule has 3 heteroatoms. The molecule has 0 aliphatic heterocycles. The summed E-state index contributed by atoms with van der Waals surface area (Å²) in [5.74, 6) is 0. The number of hydrogen-bond donors (Lipinski definition) is 0. The van der Waals surface area contributed by atoms with E-state index < -0.39 is 0 Å². The van der Waals surface area contributed by atoms with Crippen LogP contribution in [0.5, 0.6) is 0 Å². The average molecular weight is 479 g/mol. The summed E-state index contributed by atoms with van der Waals surface area (Å²) >= 11 is 1.78. The van der Waals surface area contributed by atoms with Crippen LogP contribution in [-0.2, 0) is 0 Å². The molecule has 0 aliphatic carbocycles. The zero-order chi connectivity index (χ0) is 23.9. The number of benzene rings is 6. The quantitative estimate of drug-likeness (QED) is 0.234. The topological polar surface area (TPSA) is 16.1 Å². The maximum atomic E-state index is 5.21. The fourth-order valence-electron chi connectivity index (χ4n) is 5.03. The van der Waals surface area contributed by atoms with E-state index in [9.17, 15) is 0 Å². The summed E-state index contributed by atoms with van der Waals surface area (Å²) in [4.78, 5) is 7.50. The molecular weight excluding hydrogens is 456 g/mol. The number of nitrogens with zero attached hydrogens (tertiary/aromatic N) is 2. The molecule has 2 nitrogen and oxygen atoms in total. The lowest BCUT2D eigenvalue weighted by Gasteiger charge is -2.25. The molecule has 0 radical (unpaired) electrons. The van der Waals surface area contributed by atoms with E-state index in [4.69, 9.17) is 4.98 Å². The van der Waals surface area contributed by atoms with Gasteiger partial charge in [0.15, 0.2) is 0 Å². The lowest BCUT2D eigenvalue weighted by molar-refractivity contribution is 1.28. The fourth-order valence-corrected chi connectivity index (χ4v) is 6.14. The van der Waals surface area contributed by atoms with E-state index in [1.807, 2.05) is 0 Å². The zero-order valence-electron chi connectivity index (χ0n) is 19.5. The average Bonchev–Trinajstić information content (AvgIpc) is 3.41. The molecule has 0 saturated heterocycles. The summed E-state index contributed by atoms with van der Waals surface area (Å²) in [6, 6.07) is 47.0. The Balaban J connectivity index is 1.43. The monoisotopic (exact) mass is 478 g/mol. The second kappa shape index (κ2) is 8.63. The summed E-state index contributed by atoms with van der Waals surface area (Å²) in [6.07, 6.45) is 0. The van der Waals surface area contributed by atoms with Crippen molar-refractivity contribution in [3.63, 3.8) is 0 Å². The standard InChI is InChI=1S/C33H22N2S/c1-3-13-24(14-4-1)35(25-15-5-2-6-16-25)26-17-11-12-23(22-26)33-34-31-29-20-9-7-18-27(29)28-19-8-10-21-30(28)32(31)36-33/h1-22H. The lowest BCUT2D eigenvalue weighted by atomic mass is 10.0. The summed E-state index contributed by atoms with van der Waals surface area (Å²) in [7, 11) is 0. The molecule has 0 spiro atoms. The van der Waals surface area contributed by atoms with Crippen LogP contribution in [0.2, 0.25) is 0 Å². The van der Waals surface area contributed by atoms with Crippen molar-refractivity contribution in [3.05, 3.63) is 133 Å². The molecule has 0 saturated carbocycles. The van der Waals surface area contributed by atoms with E-state index in [1.54, 1.807) is 11.3 Å². The first-order chi connectivity index (χ1) is 17.9. The van der Waals surface area contributed by atoms with Crippen LogP contribution in [0.25, 0.3) is 42.3 Å². The van der Waals surface area contributed by atoms with E-state index in [1.165, 1.54) is 26.2 Å². The Hall–Kier alpha value is -4.47. The van der Waals surface area contributed by atoms with Crippen molar-refractivity contribution in [2.75, 3.05) is 4.90 Å². The van der Waals surface area contributed by atoms with Gasteiger partial charge in [0.05, 0.1) is 10.2 Å². The van der Waals surface area contributed by atoms with Crippen molar-refractivity contribution in [1.82, 2.24) is 4.98 Å². The molecule has 0 atom stereocenters. The molecule has 0 N–H and O–H groups in total. The Kier molecular flexibility index (Phi) is 5.00. The van der Waals surface area contributed by atoms with E-state index in [0.717, 1.165) is 33.1 Å². The Morgan fingerprint density at radius 1 is 0.472 bits per heavy atom. The van der Waals surface area contributed by atoms with E-state index in [2.05, 4.69) is 138 Å². The van der Waals surface area contributed by atoms with Gasteiger partial charge in [-0.2, -0.15) is 0 Å². The summed E-state index contributed by atoms with van der Waals surface area (Å²) in [5, 5.41) is 6.05. The third-order valence-electron chi connectivity index (χ3n) is 6.65. The summed E-state index contributed by atoms with van der Waals surface area (Å²) in [6.45, 7) is 0. The Morgan fingerprint density at radius 2 is 1.00 bits per heavy atom. The van der Waals surface area contributed by atoms with Crippen LogP contribution in [-0.4, -0.2) is 4.98 Å². The number of aromatic nitrogens is 1. The van der Waals surface area contributed by atoms with Crippen molar-refractivity contribution < 1.29 is 0 Å². The molecule has 0 fully saturated rings. The first-order valence-electron chi connectivity index (χ1n) is 12.1. The minimum absolute atomic E-state index is 1.04. The van der Waals surface area contributed by atoms with Gasteiger partial charge >= 0.3 is 0 Å². The Bertz CT molecular complexity index is 1730. The van der Waals surface area contributed by atoms with Gasteiger partial charge in [-0.1, -0.05) is 97.1 Å². The zero-order valence-corrected chi connectivity index (χ0v) is 20.3. The highest BCUT2D eigenvalue weighted by atomic mass is 32.1. The van der Waals surface area contributed by atoms with E-state index >= 15 is 0 Å². The van der Waals surface area contributed by atoms with Gasteiger partial charge in [0, 0.05) is 33.4 Å². The second-order valence-corrected chi connectivity index (χ2v) is 9.84. The molecule has 170 valence electrons. The smallest absolute Gasteiger partial charge is 0.124 e. The first kappa shape index (κ1) is 20.9. The maximum absolute atomic E-state index is 5.21. The molecule has 0 unspecified atom stereocenters. The Morgan fingerprint density at radius 3 is 1.67 bits per heavy atom. The van der Waals surface area contributed by atoms with Crippen molar-refractivity contribution in [1.29, 1.82) is 0 Å². The van der Waals surface area contributed by atoms with Gasteiger partial charge in [0.2, 0.25) is 0 Å². The van der Waals surface area contributed by atoms with Crippen LogP contribution in [0.15, 0.2) is 133 Å². The third-order valence-corrected chi connectivity index (χ3v) is 7.79. The van der Waals surface area contributed by atoms with Gasteiger partial charge in [0.25, 0.3) is 0 Å². The van der Waals surface area contributed by atoms with Crippen LogP contribution in [0.1, 0.15) is 0 Å². The molecule has 0 aliphatic rings. The molecule has 36 heavy (non-hydrogen) atoms. The number of thiazole rings is 1. The fraction of sp³-hybridized carbons (Fsp3) is 0. The predicted octanol–water partition coefficient (Wildman–Crippen LogP) is 9.74. The van der Waals surface area contributed by atoms with Gasteiger partial charge in [-0.15, -0.1) is 11.3 Å². The van der Waals surface area contributed by atoms with Gasteiger partial charge in [-0.3, -0.25) is 0 Å². The van der Waals surface area contributed by atoms with E-state index in [0.29, 0.717) is 0 Å². The van der Waals surface area contributed by atoms with Crippen molar-refractivity contribution >= 4 is 60.2 Å². The lowest BCUT2D eigenvalue weighted by Crippen LogP contribution is -2.09. The molecule has 7 rings (SSSR count). The minimum Gasteiger partial charge on any atom is -0.310 e. The van der Waals surface area contributed by atoms with Crippen LogP contribution in [0.3, 0.4) is 0 Å². The first-order valence-corrected chi connectivity index (χ1v) is 12.9. The molecule has 0 bridgehead atoms. The largest absolute Gasteiger partial charge is 0.310 e. The Labute approximate surface area is 213 Å². The second-order valence-electron chi connectivity index (χ2n) is 8.84. The number of fused-ring (bicyclic) bond motifs is 6. The van der Waals surface area contributed by atoms with E-state index in [-0.39, 0.29) is 0 Å². The minimum atomic E-state index is 1.04. The number of rotatable bonds is 4. The highest BCUT2D eigenvalue weighted by Crippen LogP contribution is 2.42. The molecule has 1 heterocycles. The molecule has 1 aromatic heterocycles. The molecular formula is C33H22N2S. The molecule has 7 aromatic rings. The molecule has 0 amide bonds. The van der Waals surface area contributed by atoms with Crippen LogP contribution < -0.4 is 4.90 Å². The third kappa shape index (κ3) is 3.44. The highest BCUT2D eigenvalue weighted by molar-refractivity contribution is 7.22. The van der Waals surface area contributed by atoms with Gasteiger partial charge < -0.3 is 4.90 Å². The maximum Gasteiger partial charge on any atom is 0.124 e. The summed E-state index contributed by atoms with van der Waals surface area (Å²) in [5.41, 5.74) is 5.57. The van der Waals surface area contributed by atoms with Crippen molar-refractivity contribution in [2.24, 2.45) is 0 Å². The number of para-hydroxylation sites is 2. The molecule has 6 aromatic carbocycles. The van der Waals surface area contributed by atoms with Gasteiger partial charge in [-0.05, 0) is 47.2 Å². The van der Waals surface area contributed by atoms with Gasteiger partial charge in [0.1, 0.15) is 5.01 Å². The highest BCUT2D eigenvalue weighted by Gasteiger charge is 2.16. The van der Waals surface area contributed by atoms with Crippen LogP contribution in [0, 0.1) is 0 Å². The van der Waals surface area contributed by atoms with Crippen LogP contribution >= 0.6 is 11.3 Å². The van der Waals surface area contributed by atoms with Crippen LogP contribution in [0.4, 0.5) is 17.1 Å². The van der Waals surface area contributed by atoms with Gasteiger partial charge in [-0.25, -0.2) is 4.98 Å². The van der Waals surface area contributed by atoms with Crippen molar-refractivity contribution in [3.8, 4) is 10.6 Å². The van der Waals surface area contributed by atoms with Crippen molar-refractivity contribution in [2.45, 2.75) is 0 Å².